The van der Waals surface area contributed by atoms with Gasteiger partial charge in [0.05, 0.1) is 18.3 Å². The third kappa shape index (κ3) is 5.78. The summed E-state index contributed by atoms with van der Waals surface area (Å²) < 4.78 is 25.2. The maximum atomic E-state index is 13.5. The lowest BCUT2D eigenvalue weighted by molar-refractivity contribution is -0.0202. The number of nitrogens with zero attached hydrogens (tertiary/aromatic N) is 1. The predicted octanol–water partition coefficient (Wildman–Crippen LogP) is 5.41. The average Bonchev–Trinajstić information content (AvgIpc) is 3.32. The summed E-state index contributed by atoms with van der Waals surface area (Å²) in [6.07, 6.45) is 0.194. The molecule has 40 heavy (non-hydrogen) atoms. The number of carbonyl (C=O) groups is 2. The molecule has 2 amide bonds. The van der Waals surface area contributed by atoms with Crippen LogP contribution in [0.1, 0.15) is 40.1 Å². The van der Waals surface area contributed by atoms with E-state index >= 15 is 0 Å². The predicted molar refractivity (Wildman–Crippen MR) is 154 cm³/mol. The maximum absolute atomic E-state index is 13.5. The highest BCUT2D eigenvalue weighted by Gasteiger charge is 2.23. The average molecular weight is 544 g/mol. The van der Waals surface area contributed by atoms with Crippen molar-refractivity contribution in [2.75, 3.05) is 33.3 Å². The molecule has 5 rings (SSSR count). The zero-order valence-electron chi connectivity index (χ0n) is 23.2. The van der Waals surface area contributed by atoms with Gasteiger partial charge in [0.1, 0.15) is 17.2 Å². The Bertz CT molecular complexity index is 1550. The summed E-state index contributed by atoms with van der Waals surface area (Å²) in [5.41, 5.74) is 4.82. The van der Waals surface area contributed by atoms with Gasteiger partial charge in [-0.3, -0.25) is 14.5 Å². The number of benzene rings is 3. The molecule has 0 bridgehead atoms. The third-order valence-electron chi connectivity index (χ3n) is 7.29. The molecule has 2 N–H and O–H groups in total. The van der Waals surface area contributed by atoms with Crippen molar-refractivity contribution in [2.45, 2.75) is 32.9 Å². The van der Waals surface area contributed by atoms with Gasteiger partial charge in [0.2, 0.25) is 0 Å². The topological polar surface area (TPSA) is 83.8 Å². The van der Waals surface area contributed by atoms with Gasteiger partial charge in [-0.15, -0.1) is 0 Å². The Kier molecular flexibility index (Phi) is 8.00. The van der Waals surface area contributed by atoms with Gasteiger partial charge in [-0.25, -0.2) is 4.39 Å². The Morgan fingerprint density at radius 3 is 2.52 bits per heavy atom. The fraction of sp³-hybridized carbons (Fsp3) is 0.312. The second-order valence-corrected chi connectivity index (χ2v) is 10.4. The van der Waals surface area contributed by atoms with Gasteiger partial charge < -0.3 is 19.8 Å². The number of rotatable bonds is 7. The van der Waals surface area contributed by atoms with Crippen molar-refractivity contribution in [1.82, 2.24) is 15.5 Å². The number of halogens is 1. The molecular weight excluding hydrogens is 509 g/mol. The normalized spacial score (nSPS) is 16.6. The van der Waals surface area contributed by atoms with Gasteiger partial charge >= 0.3 is 0 Å². The lowest BCUT2D eigenvalue weighted by Gasteiger charge is -2.33. The molecule has 1 aromatic heterocycles. The molecule has 0 spiro atoms. The fourth-order valence-corrected chi connectivity index (χ4v) is 5.29. The Balaban J connectivity index is 1.44. The van der Waals surface area contributed by atoms with Crippen LogP contribution in [0.5, 0.6) is 0 Å². The number of fused-ring (bicyclic) bond motifs is 1. The highest BCUT2D eigenvalue weighted by Crippen LogP contribution is 2.37. The highest BCUT2D eigenvalue weighted by atomic mass is 19.1. The van der Waals surface area contributed by atoms with E-state index in [2.05, 4.69) is 22.5 Å². The molecule has 1 aliphatic rings. The van der Waals surface area contributed by atoms with Crippen molar-refractivity contribution in [1.29, 1.82) is 0 Å². The first-order valence-electron chi connectivity index (χ1n) is 13.5. The van der Waals surface area contributed by atoms with Crippen LogP contribution in [0.3, 0.4) is 0 Å². The van der Waals surface area contributed by atoms with Gasteiger partial charge in [-0.1, -0.05) is 12.1 Å². The van der Waals surface area contributed by atoms with Crippen molar-refractivity contribution in [2.24, 2.45) is 0 Å². The summed E-state index contributed by atoms with van der Waals surface area (Å²) in [4.78, 5) is 28.5. The number of hydrogen-bond donors (Lipinski definition) is 2. The fourth-order valence-electron chi connectivity index (χ4n) is 5.29. The standard InChI is InChI=1S/C32H34FN3O4/c1-19-5-6-24(31(37)35-20(2)17-36-13-14-39-21(3)18-36)16-26(19)23-9-12-28-27(15-23)29(32(38)34-4)30(40-28)22-7-10-25(33)11-8-22/h5-12,15-16,20-21H,13-14,17-18H2,1-4H3,(H,34,38)(H,35,37). The summed E-state index contributed by atoms with van der Waals surface area (Å²) in [7, 11) is 1.56. The molecule has 3 aromatic carbocycles. The molecular formula is C32H34FN3O4. The molecule has 0 aliphatic carbocycles. The van der Waals surface area contributed by atoms with Crippen LogP contribution >= 0.6 is 0 Å². The van der Waals surface area contributed by atoms with Crippen LogP contribution in [0, 0.1) is 12.7 Å². The molecule has 1 saturated heterocycles. The van der Waals surface area contributed by atoms with Crippen molar-refractivity contribution in [3.63, 3.8) is 0 Å². The van der Waals surface area contributed by atoms with Gasteiger partial charge in [0.25, 0.3) is 11.8 Å². The number of carbonyl (C=O) groups excluding carboxylic acids is 2. The largest absolute Gasteiger partial charge is 0.455 e. The number of amides is 2. The van der Waals surface area contributed by atoms with E-state index in [4.69, 9.17) is 9.15 Å². The van der Waals surface area contributed by atoms with Gasteiger partial charge in [-0.05, 0) is 86.0 Å². The van der Waals surface area contributed by atoms with Crippen LogP contribution < -0.4 is 10.6 Å². The van der Waals surface area contributed by atoms with E-state index in [1.807, 2.05) is 50.2 Å². The quantitative estimate of drug-likeness (QED) is 0.326. The third-order valence-corrected chi connectivity index (χ3v) is 7.29. The molecule has 1 aliphatic heterocycles. The SMILES string of the molecule is CNC(=O)c1c(-c2ccc(F)cc2)oc2ccc(-c3cc(C(=O)NC(C)CN4CCOC(C)C4)ccc3C)cc12. The molecule has 0 radical (unpaired) electrons. The van der Waals surface area contributed by atoms with Crippen molar-refractivity contribution < 1.29 is 23.1 Å². The molecule has 1 fully saturated rings. The Labute approximate surface area is 233 Å². The van der Waals surface area contributed by atoms with E-state index in [-0.39, 0.29) is 29.8 Å². The number of nitrogens with one attached hydrogen (secondary N) is 2. The van der Waals surface area contributed by atoms with Crippen LogP contribution in [0.4, 0.5) is 4.39 Å². The molecule has 8 heteroatoms. The van der Waals surface area contributed by atoms with Crippen molar-refractivity contribution in [3.05, 3.63) is 83.2 Å². The Morgan fingerprint density at radius 2 is 1.80 bits per heavy atom. The monoisotopic (exact) mass is 543 g/mol. The first-order valence-corrected chi connectivity index (χ1v) is 13.5. The van der Waals surface area contributed by atoms with Crippen LogP contribution in [-0.2, 0) is 4.74 Å². The lowest BCUT2D eigenvalue weighted by atomic mass is 9.95. The summed E-state index contributed by atoms with van der Waals surface area (Å²) in [5.74, 6) is -0.430. The number of furan rings is 1. The van der Waals surface area contributed by atoms with E-state index < -0.39 is 0 Å². The minimum Gasteiger partial charge on any atom is -0.455 e. The van der Waals surface area contributed by atoms with Gasteiger partial charge in [-0.2, -0.15) is 0 Å². The molecule has 7 nitrogen and oxygen atoms in total. The van der Waals surface area contributed by atoms with Crippen LogP contribution in [-0.4, -0.2) is 62.1 Å². The van der Waals surface area contributed by atoms with Gasteiger partial charge in [0.15, 0.2) is 0 Å². The summed E-state index contributed by atoms with van der Waals surface area (Å²) in [6, 6.07) is 17.1. The van der Waals surface area contributed by atoms with E-state index in [1.54, 1.807) is 19.2 Å². The number of ether oxygens (including phenoxy) is 1. The number of hydrogen-bond acceptors (Lipinski definition) is 5. The maximum Gasteiger partial charge on any atom is 0.255 e. The minimum absolute atomic E-state index is 0.0233. The molecule has 2 atom stereocenters. The molecule has 0 saturated carbocycles. The first-order chi connectivity index (χ1) is 19.2. The van der Waals surface area contributed by atoms with E-state index in [0.29, 0.717) is 40.0 Å². The smallest absolute Gasteiger partial charge is 0.255 e. The highest BCUT2D eigenvalue weighted by molar-refractivity contribution is 6.12. The number of morpholine rings is 1. The van der Waals surface area contributed by atoms with Crippen LogP contribution in [0.15, 0.2) is 65.1 Å². The summed E-state index contributed by atoms with van der Waals surface area (Å²) in [5, 5.41) is 6.45. The molecule has 208 valence electrons. The van der Waals surface area contributed by atoms with E-state index in [1.165, 1.54) is 12.1 Å². The lowest BCUT2D eigenvalue weighted by Crippen LogP contribution is -2.48. The minimum atomic E-state index is -0.367. The second kappa shape index (κ2) is 11.6. The Morgan fingerprint density at radius 1 is 1.05 bits per heavy atom. The summed E-state index contributed by atoms with van der Waals surface area (Å²) in [6.45, 7) is 9.24. The zero-order valence-corrected chi connectivity index (χ0v) is 23.2. The Hall–Kier alpha value is -4.01. The molecule has 2 unspecified atom stereocenters. The van der Waals surface area contributed by atoms with Gasteiger partial charge in [0, 0.05) is 49.2 Å². The first kappa shape index (κ1) is 27.6. The molecule has 4 aromatic rings. The van der Waals surface area contributed by atoms with Crippen LogP contribution in [0.25, 0.3) is 33.4 Å². The summed E-state index contributed by atoms with van der Waals surface area (Å²) >= 11 is 0. The van der Waals surface area contributed by atoms with E-state index in [0.717, 1.165) is 36.3 Å². The van der Waals surface area contributed by atoms with Crippen molar-refractivity contribution in [3.8, 4) is 22.5 Å². The van der Waals surface area contributed by atoms with Crippen LogP contribution in [0.2, 0.25) is 0 Å². The zero-order chi connectivity index (χ0) is 28.4. The number of aryl methyl sites for hydroxylation is 1. The molecule has 2 heterocycles. The van der Waals surface area contributed by atoms with E-state index in [9.17, 15) is 14.0 Å². The van der Waals surface area contributed by atoms with Crippen molar-refractivity contribution >= 4 is 22.8 Å². The second-order valence-electron chi connectivity index (χ2n) is 10.4.